The Kier molecular flexibility index (Phi) is 5.19. The zero-order valence-corrected chi connectivity index (χ0v) is 17.1. The summed E-state index contributed by atoms with van der Waals surface area (Å²) in [7, 11) is 0. The Morgan fingerprint density at radius 2 is 1.66 bits per heavy atom. The largest absolute Gasteiger partial charge is 0.313 e. The molecule has 146 valence electrons. The number of nitrogens with zero attached hydrogens (tertiary/aromatic N) is 5. The first kappa shape index (κ1) is 18.2. The van der Waals surface area contributed by atoms with Gasteiger partial charge < -0.3 is 4.57 Å². The molecular weight excluding hydrogens is 378 g/mol. The van der Waals surface area contributed by atoms with Crippen molar-refractivity contribution in [1.29, 1.82) is 0 Å². The molecule has 0 aliphatic carbocycles. The molecule has 2 aromatic heterocycles. The lowest BCUT2D eigenvalue weighted by Gasteiger charge is -2.18. The lowest BCUT2D eigenvalue weighted by atomic mass is 10.1. The topological polar surface area (TPSA) is 46.8 Å². The van der Waals surface area contributed by atoms with Gasteiger partial charge in [0.15, 0.2) is 0 Å². The maximum Gasteiger partial charge on any atom is 0.137 e. The molecule has 2 aromatic carbocycles. The Morgan fingerprint density at radius 3 is 2.48 bits per heavy atom. The number of aromatic nitrogens is 4. The number of rotatable bonds is 5. The van der Waals surface area contributed by atoms with Crippen molar-refractivity contribution in [2.45, 2.75) is 25.9 Å². The lowest BCUT2D eigenvalue weighted by Crippen LogP contribution is -2.26. The first-order valence-electron chi connectivity index (χ1n) is 10.0. The number of benzene rings is 2. The first-order chi connectivity index (χ1) is 14.3. The number of hydrogen-bond acceptors (Lipinski definition) is 5. The molecule has 29 heavy (non-hydrogen) atoms. The summed E-state index contributed by atoms with van der Waals surface area (Å²) in [6.07, 6.45) is 3.80. The minimum absolute atomic E-state index is 0.836. The molecule has 5 rings (SSSR count). The predicted octanol–water partition coefficient (Wildman–Crippen LogP) is 4.05. The van der Waals surface area contributed by atoms with Gasteiger partial charge in [0.25, 0.3) is 0 Å². The molecular formula is C23H23N5S. The molecule has 4 aromatic rings. The van der Waals surface area contributed by atoms with E-state index in [4.69, 9.17) is 0 Å². The van der Waals surface area contributed by atoms with Gasteiger partial charge in [-0.25, -0.2) is 4.98 Å². The van der Waals surface area contributed by atoms with E-state index in [0.29, 0.717) is 0 Å². The Balaban J connectivity index is 1.25. The minimum atomic E-state index is 0.836. The molecule has 0 N–H and O–H groups in total. The van der Waals surface area contributed by atoms with Crippen LogP contribution >= 0.6 is 11.3 Å². The molecule has 6 heteroatoms. The van der Waals surface area contributed by atoms with Crippen molar-refractivity contribution in [3.63, 3.8) is 0 Å². The summed E-state index contributed by atoms with van der Waals surface area (Å²) in [6.45, 7) is 3.89. The second kappa shape index (κ2) is 8.27. The zero-order chi connectivity index (χ0) is 19.5. The third-order valence-corrected chi connectivity index (χ3v) is 6.39. The molecule has 0 amide bonds. The van der Waals surface area contributed by atoms with E-state index in [-0.39, 0.29) is 0 Å². The molecule has 0 saturated carbocycles. The number of hydrogen-bond donors (Lipinski definition) is 0. The highest BCUT2D eigenvalue weighted by atomic mass is 32.1. The van der Waals surface area contributed by atoms with Crippen LogP contribution in [0.4, 0.5) is 0 Å². The average Bonchev–Trinajstić information content (AvgIpc) is 3.33. The van der Waals surface area contributed by atoms with Crippen molar-refractivity contribution < 1.29 is 0 Å². The van der Waals surface area contributed by atoms with Gasteiger partial charge in [-0.1, -0.05) is 60.7 Å². The van der Waals surface area contributed by atoms with Crippen LogP contribution in [0, 0.1) is 0 Å². The van der Waals surface area contributed by atoms with E-state index in [9.17, 15) is 0 Å². The molecule has 0 spiro atoms. The molecule has 1 aliphatic rings. The molecule has 1 aliphatic heterocycles. The van der Waals surface area contributed by atoms with Crippen LogP contribution in [0.1, 0.15) is 22.1 Å². The highest BCUT2D eigenvalue weighted by Gasteiger charge is 2.19. The summed E-state index contributed by atoms with van der Waals surface area (Å²) >= 11 is 1.79. The third-order valence-electron chi connectivity index (χ3n) is 5.35. The summed E-state index contributed by atoms with van der Waals surface area (Å²) in [6, 6.07) is 20.9. The van der Waals surface area contributed by atoms with E-state index in [1.807, 2.05) is 18.3 Å². The maximum atomic E-state index is 4.63. The van der Waals surface area contributed by atoms with Crippen LogP contribution in [0.5, 0.6) is 0 Å². The fourth-order valence-corrected chi connectivity index (χ4v) is 4.77. The molecule has 5 nitrogen and oxygen atoms in total. The second-order valence-electron chi connectivity index (χ2n) is 7.37. The zero-order valence-electron chi connectivity index (χ0n) is 16.2. The summed E-state index contributed by atoms with van der Waals surface area (Å²) < 4.78 is 2.31. The Bertz CT molecular complexity index is 1070. The smallest absolute Gasteiger partial charge is 0.137 e. The van der Waals surface area contributed by atoms with Gasteiger partial charge in [-0.3, -0.25) is 4.90 Å². The van der Waals surface area contributed by atoms with Crippen LogP contribution in [0.25, 0.3) is 10.6 Å². The van der Waals surface area contributed by atoms with Crippen molar-refractivity contribution in [3.05, 3.63) is 88.9 Å². The van der Waals surface area contributed by atoms with Gasteiger partial charge in [-0.05, 0) is 5.56 Å². The normalized spacial score (nSPS) is 14.5. The summed E-state index contributed by atoms with van der Waals surface area (Å²) in [5.74, 6) is 2.17. The van der Waals surface area contributed by atoms with Crippen molar-refractivity contribution in [3.8, 4) is 10.6 Å². The fraction of sp³-hybridized carbons (Fsp3) is 0.261. The van der Waals surface area contributed by atoms with E-state index in [1.165, 1.54) is 16.0 Å². The Morgan fingerprint density at radius 1 is 0.862 bits per heavy atom. The van der Waals surface area contributed by atoms with Gasteiger partial charge in [0.2, 0.25) is 0 Å². The van der Waals surface area contributed by atoms with Gasteiger partial charge >= 0.3 is 0 Å². The fourth-order valence-electron chi connectivity index (χ4n) is 3.81. The SMILES string of the molecule is c1ccc(Cc2nnc3n2CCN(Cc2cnc(-c4ccccc4)s2)CC3)cc1. The minimum Gasteiger partial charge on any atom is -0.313 e. The third kappa shape index (κ3) is 4.13. The standard InChI is InChI=1S/C23H23N5S/c1-3-7-18(8-4-1)15-22-26-25-21-11-12-27(13-14-28(21)22)17-20-16-24-23(29-20)19-9-5-2-6-10-19/h1-10,16H,11-15,17H2. The molecule has 0 saturated heterocycles. The van der Waals surface area contributed by atoms with Crippen LogP contribution in [-0.2, 0) is 25.9 Å². The Labute approximate surface area is 174 Å². The molecule has 0 fully saturated rings. The lowest BCUT2D eigenvalue weighted by molar-refractivity contribution is 0.272. The highest BCUT2D eigenvalue weighted by molar-refractivity contribution is 7.15. The van der Waals surface area contributed by atoms with Crippen LogP contribution in [-0.4, -0.2) is 37.7 Å². The van der Waals surface area contributed by atoms with Crippen molar-refractivity contribution in [2.75, 3.05) is 13.1 Å². The van der Waals surface area contributed by atoms with E-state index >= 15 is 0 Å². The number of fused-ring (bicyclic) bond motifs is 1. The van der Waals surface area contributed by atoms with Crippen LogP contribution in [0.15, 0.2) is 66.9 Å². The summed E-state index contributed by atoms with van der Waals surface area (Å²) in [4.78, 5) is 8.44. The van der Waals surface area contributed by atoms with Crippen LogP contribution < -0.4 is 0 Å². The quantitative estimate of drug-likeness (QED) is 0.506. The van der Waals surface area contributed by atoms with E-state index in [0.717, 1.165) is 55.7 Å². The molecule has 0 unspecified atom stereocenters. The van der Waals surface area contributed by atoms with E-state index < -0.39 is 0 Å². The molecule has 3 heterocycles. The van der Waals surface area contributed by atoms with Crippen molar-refractivity contribution in [1.82, 2.24) is 24.6 Å². The van der Waals surface area contributed by atoms with E-state index in [1.54, 1.807) is 11.3 Å². The monoisotopic (exact) mass is 401 g/mol. The van der Waals surface area contributed by atoms with Crippen molar-refractivity contribution in [2.24, 2.45) is 0 Å². The first-order valence-corrected chi connectivity index (χ1v) is 10.8. The number of thiazole rings is 1. The molecule has 0 bridgehead atoms. The highest BCUT2D eigenvalue weighted by Crippen LogP contribution is 2.26. The van der Waals surface area contributed by atoms with Gasteiger partial charge in [0, 0.05) is 55.7 Å². The van der Waals surface area contributed by atoms with Crippen molar-refractivity contribution >= 4 is 11.3 Å². The predicted molar refractivity (Wildman–Crippen MR) is 116 cm³/mol. The average molecular weight is 402 g/mol. The van der Waals surface area contributed by atoms with Gasteiger partial charge in [-0.15, -0.1) is 21.5 Å². The van der Waals surface area contributed by atoms with Crippen LogP contribution in [0.3, 0.4) is 0 Å². The summed E-state index contributed by atoms with van der Waals surface area (Å²) in [5.41, 5.74) is 2.47. The van der Waals surface area contributed by atoms with E-state index in [2.05, 4.69) is 73.2 Å². The molecule has 0 atom stereocenters. The van der Waals surface area contributed by atoms with Crippen LogP contribution in [0.2, 0.25) is 0 Å². The summed E-state index contributed by atoms with van der Waals surface area (Å²) in [5, 5.41) is 10.0. The Hall–Kier alpha value is -2.83. The second-order valence-corrected chi connectivity index (χ2v) is 8.49. The maximum absolute atomic E-state index is 4.63. The van der Waals surface area contributed by atoms with Gasteiger partial charge in [-0.2, -0.15) is 0 Å². The molecule has 0 radical (unpaired) electrons. The van der Waals surface area contributed by atoms with Gasteiger partial charge in [0.05, 0.1) is 0 Å². The van der Waals surface area contributed by atoms with Gasteiger partial charge in [0.1, 0.15) is 16.7 Å².